The van der Waals surface area contributed by atoms with Crippen LogP contribution in [0.25, 0.3) is 11.1 Å². The minimum absolute atomic E-state index is 0.353. The quantitative estimate of drug-likeness (QED) is 0.782. The monoisotopic (exact) mass is 257 g/mol. The Balaban J connectivity index is 2.73. The maximum atomic E-state index is 13.5. The molecular formula is C12H7F4NO. The van der Waals surface area contributed by atoms with E-state index in [1.165, 1.54) is 12.1 Å². The van der Waals surface area contributed by atoms with E-state index >= 15 is 0 Å². The third-order valence-corrected chi connectivity index (χ3v) is 2.42. The lowest BCUT2D eigenvalue weighted by Gasteiger charge is -2.12. The summed E-state index contributed by atoms with van der Waals surface area (Å²) in [5.41, 5.74) is -2.75. The van der Waals surface area contributed by atoms with Crippen molar-refractivity contribution in [3.05, 3.63) is 58.3 Å². The molecule has 94 valence electrons. The van der Waals surface area contributed by atoms with Crippen molar-refractivity contribution in [2.24, 2.45) is 0 Å². The van der Waals surface area contributed by atoms with E-state index in [0.717, 1.165) is 24.4 Å². The smallest absolute Gasteiger partial charge is 0.327 e. The second kappa shape index (κ2) is 4.29. The maximum absolute atomic E-state index is 13.5. The van der Waals surface area contributed by atoms with Gasteiger partial charge in [0.25, 0.3) is 5.56 Å². The van der Waals surface area contributed by atoms with Gasteiger partial charge < -0.3 is 4.98 Å². The summed E-state index contributed by atoms with van der Waals surface area (Å²) < 4.78 is 51.8. The molecule has 0 aliphatic rings. The van der Waals surface area contributed by atoms with Crippen LogP contribution in [0.5, 0.6) is 0 Å². The molecule has 1 N–H and O–H groups in total. The predicted molar refractivity (Wildman–Crippen MR) is 57.5 cm³/mol. The van der Waals surface area contributed by atoms with Gasteiger partial charge in [0.15, 0.2) is 5.82 Å². The lowest BCUT2D eigenvalue weighted by atomic mass is 10.00. The number of hydrogen-bond acceptors (Lipinski definition) is 1. The maximum Gasteiger partial charge on any atom is 0.417 e. The average molecular weight is 257 g/mol. The molecule has 0 spiro atoms. The van der Waals surface area contributed by atoms with Gasteiger partial charge in [0, 0.05) is 11.8 Å². The van der Waals surface area contributed by atoms with Crippen LogP contribution >= 0.6 is 0 Å². The second-order valence-corrected chi connectivity index (χ2v) is 3.58. The van der Waals surface area contributed by atoms with Gasteiger partial charge in [-0.3, -0.25) is 4.79 Å². The van der Waals surface area contributed by atoms with Crippen LogP contribution in [0.1, 0.15) is 5.56 Å². The van der Waals surface area contributed by atoms with E-state index < -0.39 is 23.1 Å². The number of benzene rings is 1. The van der Waals surface area contributed by atoms with E-state index in [4.69, 9.17) is 0 Å². The van der Waals surface area contributed by atoms with Crippen LogP contribution in [-0.4, -0.2) is 4.98 Å². The summed E-state index contributed by atoms with van der Waals surface area (Å²) in [6.45, 7) is 0. The molecule has 0 bridgehead atoms. The molecule has 0 amide bonds. The number of pyridine rings is 1. The highest BCUT2D eigenvalue weighted by molar-refractivity contribution is 5.68. The number of rotatable bonds is 1. The molecule has 2 aromatic rings. The summed E-state index contributed by atoms with van der Waals surface area (Å²) in [6, 6.07) is 5.63. The molecule has 1 aromatic heterocycles. The van der Waals surface area contributed by atoms with Crippen molar-refractivity contribution in [1.82, 2.24) is 4.98 Å². The minimum Gasteiger partial charge on any atom is -0.327 e. The average Bonchev–Trinajstić information content (AvgIpc) is 2.32. The van der Waals surface area contributed by atoms with Gasteiger partial charge in [0.2, 0.25) is 0 Å². The summed E-state index contributed by atoms with van der Waals surface area (Å²) in [7, 11) is 0. The van der Waals surface area contributed by atoms with Gasteiger partial charge in [-0.2, -0.15) is 13.2 Å². The Morgan fingerprint density at radius 3 is 2.33 bits per heavy atom. The Morgan fingerprint density at radius 2 is 1.67 bits per heavy atom. The van der Waals surface area contributed by atoms with Crippen LogP contribution < -0.4 is 5.56 Å². The summed E-state index contributed by atoms with van der Waals surface area (Å²) in [4.78, 5) is 13.1. The zero-order valence-corrected chi connectivity index (χ0v) is 8.88. The first-order chi connectivity index (χ1) is 8.41. The Hall–Kier alpha value is -2.11. The molecule has 0 aliphatic carbocycles. The van der Waals surface area contributed by atoms with Crippen LogP contribution in [0.4, 0.5) is 17.6 Å². The summed E-state index contributed by atoms with van der Waals surface area (Å²) >= 11 is 0. The zero-order valence-electron chi connectivity index (χ0n) is 8.88. The fourth-order valence-electron chi connectivity index (χ4n) is 1.63. The van der Waals surface area contributed by atoms with E-state index in [1.807, 2.05) is 0 Å². The van der Waals surface area contributed by atoms with Crippen molar-refractivity contribution in [3.8, 4) is 11.1 Å². The highest BCUT2D eigenvalue weighted by Crippen LogP contribution is 2.36. The van der Waals surface area contributed by atoms with Crippen LogP contribution in [0.2, 0.25) is 0 Å². The Labute approximate surface area is 98.9 Å². The standard InChI is InChI=1S/C12H7F4NO/c13-10-8(5-6-17-11(10)18)7-3-1-2-4-9(7)12(14,15)16/h1-6H,(H,17,18). The van der Waals surface area contributed by atoms with Crippen molar-refractivity contribution >= 4 is 0 Å². The Kier molecular flexibility index (Phi) is 2.94. The number of halogens is 4. The predicted octanol–water partition coefficient (Wildman–Crippen LogP) is 3.20. The fraction of sp³-hybridized carbons (Fsp3) is 0.0833. The number of alkyl halides is 3. The fourth-order valence-corrected chi connectivity index (χ4v) is 1.63. The van der Waals surface area contributed by atoms with E-state index in [0.29, 0.717) is 0 Å². The van der Waals surface area contributed by atoms with Crippen LogP contribution in [0.3, 0.4) is 0 Å². The highest BCUT2D eigenvalue weighted by atomic mass is 19.4. The lowest BCUT2D eigenvalue weighted by Crippen LogP contribution is -2.13. The molecule has 1 heterocycles. The number of H-pyrrole nitrogens is 1. The second-order valence-electron chi connectivity index (χ2n) is 3.58. The lowest BCUT2D eigenvalue weighted by molar-refractivity contribution is -0.137. The van der Waals surface area contributed by atoms with Crippen molar-refractivity contribution in [1.29, 1.82) is 0 Å². The molecule has 0 aliphatic heterocycles. The summed E-state index contributed by atoms with van der Waals surface area (Å²) in [6.07, 6.45) is -3.50. The molecular weight excluding hydrogens is 250 g/mol. The van der Waals surface area contributed by atoms with Crippen molar-refractivity contribution < 1.29 is 17.6 Å². The number of hydrogen-bond donors (Lipinski definition) is 1. The molecule has 0 atom stereocenters. The van der Waals surface area contributed by atoms with Crippen LogP contribution in [0.15, 0.2) is 41.3 Å². The topological polar surface area (TPSA) is 32.9 Å². The SMILES string of the molecule is O=c1[nH]ccc(-c2ccccc2C(F)(F)F)c1F. The van der Waals surface area contributed by atoms with Crippen molar-refractivity contribution in [2.75, 3.05) is 0 Å². The first-order valence-electron chi connectivity index (χ1n) is 4.95. The van der Waals surface area contributed by atoms with Gasteiger partial charge in [0.1, 0.15) is 0 Å². The van der Waals surface area contributed by atoms with Gasteiger partial charge in [0.05, 0.1) is 5.56 Å². The largest absolute Gasteiger partial charge is 0.417 e. The van der Waals surface area contributed by atoms with Crippen LogP contribution in [0, 0.1) is 5.82 Å². The molecule has 0 unspecified atom stereocenters. The molecule has 2 rings (SSSR count). The zero-order chi connectivity index (χ0) is 13.3. The van der Waals surface area contributed by atoms with Gasteiger partial charge in [-0.05, 0) is 17.7 Å². The number of aromatic nitrogens is 1. The first-order valence-corrected chi connectivity index (χ1v) is 4.95. The van der Waals surface area contributed by atoms with E-state index in [2.05, 4.69) is 4.98 Å². The van der Waals surface area contributed by atoms with Gasteiger partial charge in [-0.15, -0.1) is 0 Å². The molecule has 2 nitrogen and oxygen atoms in total. The van der Waals surface area contributed by atoms with Gasteiger partial charge in [-0.1, -0.05) is 18.2 Å². The molecule has 0 fully saturated rings. The Bertz CT molecular complexity index is 630. The first kappa shape index (κ1) is 12.3. The minimum atomic E-state index is -4.61. The summed E-state index contributed by atoms with van der Waals surface area (Å²) in [5, 5.41) is 0. The molecule has 0 radical (unpaired) electrons. The normalized spacial score (nSPS) is 11.6. The third-order valence-electron chi connectivity index (χ3n) is 2.42. The van der Waals surface area contributed by atoms with Crippen LogP contribution in [-0.2, 0) is 6.18 Å². The molecule has 6 heteroatoms. The van der Waals surface area contributed by atoms with E-state index in [9.17, 15) is 22.4 Å². The van der Waals surface area contributed by atoms with E-state index in [1.54, 1.807) is 0 Å². The molecule has 0 saturated carbocycles. The van der Waals surface area contributed by atoms with Crippen molar-refractivity contribution in [2.45, 2.75) is 6.18 Å². The number of aromatic amines is 1. The molecule has 1 aromatic carbocycles. The van der Waals surface area contributed by atoms with Crippen molar-refractivity contribution in [3.63, 3.8) is 0 Å². The van der Waals surface area contributed by atoms with Gasteiger partial charge >= 0.3 is 6.18 Å². The number of nitrogens with one attached hydrogen (secondary N) is 1. The molecule has 18 heavy (non-hydrogen) atoms. The Morgan fingerprint density at radius 1 is 1.00 bits per heavy atom. The van der Waals surface area contributed by atoms with Gasteiger partial charge in [-0.25, -0.2) is 4.39 Å². The highest BCUT2D eigenvalue weighted by Gasteiger charge is 2.34. The third kappa shape index (κ3) is 2.13. The molecule has 0 saturated heterocycles. The summed E-state index contributed by atoms with van der Waals surface area (Å²) in [5.74, 6) is -1.23. The van der Waals surface area contributed by atoms with E-state index in [-0.39, 0.29) is 11.1 Å².